The summed E-state index contributed by atoms with van der Waals surface area (Å²) in [5.41, 5.74) is 5.02. The second-order valence-corrected chi connectivity index (χ2v) is 4.20. The van der Waals surface area contributed by atoms with E-state index in [1.807, 2.05) is 0 Å². The van der Waals surface area contributed by atoms with E-state index in [1.54, 1.807) is 6.92 Å². The maximum atomic E-state index is 11.4. The maximum absolute atomic E-state index is 11.4. The molecule has 2 N–H and O–H groups in total. The number of nitrogens with two attached hydrogens (primary N) is 1. The van der Waals surface area contributed by atoms with E-state index in [0.717, 1.165) is 6.54 Å². The van der Waals surface area contributed by atoms with Crippen molar-refractivity contribution in [1.29, 1.82) is 0 Å². The number of carbonyl (C=O) groups excluding carboxylic acids is 1. The molecule has 0 aliphatic heterocycles. The van der Waals surface area contributed by atoms with Crippen LogP contribution in [0.3, 0.4) is 0 Å². The van der Waals surface area contributed by atoms with Gasteiger partial charge in [0, 0.05) is 12.6 Å². The first kappa shape index (κ1) is 11.5. The molecule has 0 amide bonds. The van der Waals surface area contributed by atoms with Gasteiger partial charge < -0.3 is 10.5 Å². The fourth-order valence-corrected chi connectivity index (χ4v) is 1.66. The summed E-state index contributed by atoms with van der Waals surface area (Å²) in [5.74, 6) is -0.336. The first-order valence-corrected chi connectivity index (χ1v) is 5.12. The lowest BCUT2D eigenvalue weighted by Crippen LogP contribution is -2.54. The van der Waals surface area contributed by atoms with E-state index >= 15 is 0 Å². The molecule has 4 nitrogen and oxygen atoms in total. The molecule has 1 fully saturated rings. The van der Waals surface area contributed by atoms with Gasteiger partial charge in [-0.3, -0.25) is 9.69 Å². The van der Waals surface area contributed by atoms with E-state index in [0.29, 0.717) is 12.6 Å². The molecule has 14 heavy (non-hydrogen) atoms. The monoisotopic (exact) mass is 200 g/mol. The molecular weight excluding hydrogens is 180 g/mol. The van der Waals surface area contributed by atoms with Crippen LogP contribution in [0.2, 0.25) is 0 Å². The molecule has 82 valence electrons. The summed E-state index contributed by atoms with van der Waals surface area (Å²) in [6.45, 7) is 5.34. The van der Waals surface area contributed by atoms with Gasteiger partial charge in [0.2, 0.25) is 0 Å². The quantitative estimate of drug-likeness (QED) is 0.651. The van der Waals surface area contributed by atoms with Crippen LogP contribution >= 0.6 is 0 Å². The summed E-state index contributed by atoms with van der Waals surface area (Å²) in [5, 5.41) is 0. The van der Waals surface area contributed by atoms with Crippen molar-refractivity contribution in [3.8, 4) is 0 Å². The van der Waals surface area contributed by atoms with Gasteiger partial charge in [-0.1, -0.05) is 6.92 Å². The average Bonchev–Trinajstić information content (AvgIpc) is 2.96. The Hall–Kier alpha value is -0.610. The Bertz CT molecular complexity index is 212. The second kappa shape index (κ2) is 4.28. The van der Waals surface area contributed by atoms with Crippen molar-refractivity contribution in [1.82, 2.24) is 4.90 Å². The third kappa shape index (κ3) is 2.69. The molecule has 1 rings (SSSR count). The van der Waals surface area contributed by atoms with Gasteiger partial charge in [-0.2, -0.15) is 0 Å². The van der Waals surface area contributed by atoms with E-state index in [4.69, 9.17) is 5.73 Å². The number of esters is 1. The van der Waals surface area contributed by atoms with Crippen LogP contribution in [0, 0.1) is 0 Å². The average molecular weight is 200 g/mol. The summed E-state index contributed by atoms with van der Waals surface area (Å²) in [6, 6.07) is 0.632. The number of likely N-dealkylation sites (N-methyl/N-ethyl adjacent to an activating group) is 1. The lowest BCUT2D eigenvalue weighted by molar-refractivity contribution is -0.147. The molecular formula is C10H20N2O2. The fraction of sp³-hybridized carbons (Fsp3) is 0.900. The molecule has 0 spiro atoms. The van der Waals surface area contributed by atoms with Crippen LogP contribution in [-0.4, -0.2) is 42.6 Å². The van der Waals surface area contributed by atoms with Crippen LogP contribution in [0.1, 0.15) is 26.7 Å². The molecule has 0 aromatic rings. The van der Waals surface area contributed by atoms with Gasteiger partial charge in [0.1, 0.15) is 5.54 Å². The third-order valence-corrected chi connectivity index (χ3v) is 2.65. The molecule has 1 aliphatic rings. The zero-order chi connectivity index (χ0) is 10.8. The molecule has 0 aromatic carbocycles. The van der Waals surface area contributed by atoms with Crippen molar-refractivity contribution in [3.05, 3.63) is 0 Å². The first-order valence-electron chi connectivity index (χ1n) is 5.12. The summed E-state index contributed by atoms with van der Waals surface area (Å²) < 4.78 is 4.67. The SMILES string of the molecule is CCN(CC(C)(N)C(=O)OC)C1CC1. The normalized spacial score (nSPS) is 20.6. The number of methoxy groups -OCH3 is 1. The molecule has 0 saturated heterocycles. The summed E-state index contributed by atoms with van der Waals surface area (Å²) in [4.78, 5) is 13.6. The molecule has 1 aliphatic carbocycles. The van der Waals surface area contributed by atoms with Crippen molar-refractivity contribution >= 4 is 5.97 Å². The Morgan fingerprint density at radius 3 is 2.57 bits per heavy atom. The number of rotatable bonds is 5. The highest BCUT2D eigenvalue weighted by atomic mass is 16.5. The summed E-state index contributed by atoms with van der Waals surface area (Å²) in [6.07, 6.45) is 2.45. The smallest absolute Gasteiger partial charge is 0.326 e. The van der Waals surface area contributed by atoms with Crippen LogP contribution < -0.4 is 5.73 Å². The molecule has 0 heterocycles. The molecule has 1 unspecified atom stereocenters. The number of carbonyl (C=O) groups is 1. The molecule has 0 radical (unpaired) electrons. The van der Waals surface area contributed by atoms with Gasteiger partial charge in [-0.25, -0.2) is 0 Å². The highest BCUT2D eigenvalue weighted by Crippen LogP contribution is 2.27. The number of nitrogens with zero attached hydrogens (tertiary/aromatic N) is 1. The zero-order valence-corrected chi connectivity index (χ0v) is 9.25. The van der Waals surface area contributed by atoms with Crippen molar-refractivity contribution < 1.29 is 9.53 Å². The predicted molar refractivity (Wildman–Crippen MR) is 54.9 cm³/mol. The minimum Gasteiger partial charge on any atom is -0.468 e. The Balaban J connectivity index is 2.50. The number of ether oxygens (including phenoxy) is 1. The van der Waals surface area contributed by atoms with Crippen molar-refractivity contribution in [2.75, 3.05) is 20.2 Å². The van der Waals surface area contributed by atoms with Gasteiger partial charge in [0.15, 0.2) is 0 Å². The molecule has 4 heteroatoms. The van der Waals surface area contributed by atoms with Gasteiger partial charge in [0.25, 0.3) is 0 Å². The summed E-state index contributed by atoms with van der Waals surface area (Å²) in [7, 11) is 1.38. The molecule has 0 aromatic heterocycles. The fourth-order valence-electron chi connectivity index (χ4n) is 1.66. The second-order valence-electron chi connectivity index (χ2n) is 4.20. The standard InChI is InChI=1S/C10H20N2O2/c1-4-12(8-5-6-8)7-10(2,11)9(13)14-3/h8H,4-7,11H2,1-3H3. The van der Waals surface area contributed by atoms with E-state index in [9.17, 15) is 4.79 Å². The Morgan fingerprint density at radius 2 is 2.21 bits per heavy atom. The maximum Gasteiger partial charge on any atom is 0.326 e. The van der Waals surface area contributed by atoms with Gasteiger partial charge in [-0.15, -0.1) is 0 Å². The van der Waals surface area contributed by atoms with Gasteiger partial charge in [-0.05, 0) is 26.3 Å². The van der Waals surface area contributed by atoms with Gasteiger partial charge in [0.05, 0.1) is 7.11 Å². The van der Waals surface area contributed by atoms with Crippen LogP contribution in [0.4, 0.5) is 0 Å². The molecule has 1 atom stereocenters. The Labute approximate surface area is 85.4 Å². The zero-order valence-electron chi connectivity index (χ0n) is 9.25. The van der Waals surface area contributed by atoms with Crippen LogP contribution in [0.15, 0.2) is 0 Å². The van der Waals surface area contributed by atoms with Crippen molar-refractivity contribution in [2.24, 2.45) is 5.73 Å². The lowest BCUT2D eigenvalue weighted by Gasteiger charge is -2.29. The van der Waals surface area contributed by atoms with Crippen LogP contribution in [0.5, 0.6) is 0 Å². The summed E-state index contributed by atoms with van der Waals surface area (Å²) >= 11 is 0. The lowest BCUT2D eigenvalue weighted by atomic mass is 10.0. The number of hydrogen-bond acceptors (Lipinski definition) is 4. The van der Waals surface area contributed by atoms with Crippen molar-refractivity contribution in [2.45, 2.75) is 38.3 Å². The minimum absolute atomic E-state index is 0.336. The third-order valence-electron chi connectivity index (χ3n) is 2.65. The van der Waals surface area contributed by atoms with E-state index < -0.39 is 5.54 Å². The highest BCUT2D eigenvalue weighted by Gasteiger charge is 2.36. The first-order chi connectivity index (χ1) is 6.51. The van der Waals surface area contributed by atoms with Crippen LogP contribution in [-0.2, 0) is 9.53 Å². The van der Waals surface area contributed by atoms with E-state index in [-0.39, 0.29) is 5.97 Å². The Kier molecular flexibility index (Phi) is 3.50. The Morgan fingerprint density at radius 1 is 1.64 bits per heavy atom. The van der Waals surface area contributed by atoms with Gasteiger partial charge >= 0.3 is 5.97 Å². The minimum atomic E-state index is -0.882. The van der Waals surface area contributed by atoms with E-state index in [2.05, 4.69) is 16.6 Å². The number of hydrogen-bond donors (Lipinski definition) is 1. The van der Waals surface area contributed by atoms with Crippen LogP contribution in [0.25, 0.3) is 0 Å². The molecule has 1 saturated carbocycles. The predicted octanol–water partition coefficient (Wildman–Crippen LogP) is 0.361. The highest BCUT2D eigenvalue weighted by molar-refractivity contribution is 5.80. The van der Waals surface area contributed by atoms with E-state index in [1.165, 1.54) is 20.0 Å². The largest absolute Gasteiger partial charge is 0.468 e. The molecule has 0 bridgehead atoms. The van der Waals surface area contributed by atoms with Crippen molar-refractivity contribution in [3.63, 3.8) is 0 Å². The topological polar surface area (TPSA) is 55.6 Å².